The van der Waals surface area contributed by atoms with Gasteiger partial charge in [0.1, 0.15) is 11.4 Å². The maximum atomic E-state index is 11.8. The summed E-state index contributed by atoms with van der Waals surface area (Å²) in [5.41, 5.74) is 2.38. The molecule has 0 saturated heterocycles. The van der Waals surface area contributed by atoms with Gasteiger partial charge in [-0.3, -0.25) is 4.79 Å². The first-order valence-electron chi connectivity index (χ1n) is 5.37. The molecule has 0 amide bonds. The van der Waals surface area contributed by atoms with E-state index in [1.165, 1.54) is 0 Å². The van der Waals surface area contributed by atoms with Gasteiger partial charge < -0.3 is 15.4 Å². The molecule has 1 aromatic heterocycles. The quantitative estimate of drug-likeness (QED) is 0.626. The van der Waals surface area contributed by atoms with Crippen molar-refractivity contribution in [2.24, 2.45) is 0 Å². The predicted octanol–water partition coefficient (Wildman–Crippen LogP) is 1.59. The summed E-state index contributed by atoms with van der Waals surface area (Å²) in [5, 5.41) is 13.5. The van der Waals surface area contributed by atoms with E-state index in [-0.39, 0.29) is 11.3 Å². The second-order valence-electron chi connectivity index (χ2n) is 4.07. The maximum absolute atomic E-state index is 11.8. The molecular weight excluding hydrogens is 204 g/mol. The minimum absolute atomic E-state index is 0.0760. The number of phenols is 1. The standard InChI is InChI=1S/C12H12N2O2/c15-7-3-4-10-9(6-7)8-2-1-5-13-11(8)12(16)14-10/h3-4,6,13,15H,1-2,5H2,(H,14,16). The largest absolute Gasteiger partial charge is 0.508 e. The molecule has 2 aromatic rings. The van der Waals surface area contributed by atoms with Crippen molar-refractivity contribution >= 4 is 16.6 Å². The number of anilines is 1. The Hall–Kier alpha value is -1.97. The Morgan fingerprint density at radius 3 is 3.06 bits per heavy atom. The molecule has 0 spiro atoms. The van der Waals surface area contributed by atoms with E-state index in [0.29, 0.717) is 5.69 Å². The zero-order chi connectivity index (χ0) is 11.1. The Labute approximate surface area is 91.9 Å². The molecule has 82 valence electrons. The fraction of sp³-hybridized carbons (Fsp3) is 0.250. The number of aryl methyl sites for hydroxylation is 1. The summed E-state index contributed by atoms with van der Waals surface area (Å²) in [6, 6.07) is 5.03. The smallest absolute Gasteiger partial charge is 0.272 e. The van der Waals surface area contributed by atoms with Crippen LogP contribution in [0.25, 0.3) is 10.9 Å². The second kappa shape index (κ2) is 3.27. The summed E-state index contributed by atoms with van der Waals surface area (Å²) >= 11 is 0. The predicted molar refractivity (Wildman–Crippen MR) is 63.0 cm³/mol. The molecular formula is C12H12N2O2. The van der Waals surface area contributed by atoms with Crippen LogP contribution in [0, 0.1) is 0 Å². The fourth-order valence-corrected chi connectivity index (χ4v) is 2.27. The van der Waals surface area contributed by atoms with Crippen LogP contribution in [0.15, 0.2) is 23.0 Å². The van der Waals surface area contributed by atoms with Crippen LogP contribution in [0.3, 0.4) is 0 Å². The van der Waals surface area contributed by atoms with Gasteiger partial charge in [0.15, 0.2) is 0 Å². The summed E-state index contributed by atoms with van der Waals surface area (Å²) in [4.78, 5) is 14.6. The van der Waals surface area contributed by atoms with Crippen molar-refractivity contribution < 1.29 is 5.11 Å². The van der Waals surface area contributed by atoms with Crippen molar-refractivity contribution in [2.75, 3.05) is 11.9 Å². The van der Waals surface area contributed by atoms with Crippen molar-refractivity contribution in [1.82, 2.24) is 4.98 Å². The van der Waals surface area contributed by atoms with E-state index < -0.39 is 0 Å². The highest BCUT2D eigenvalue weighted by Gasteiger charge is 2.15. The molecule has 1 aliphatic heterocycles. The van der Waals surface area contributed by atoms with Crippen LogP contribution < -0.4 is 10.9 Å². The molecule has 0 unspecified atom stereocenters. The average Bonchev–Trinajstić information content (AvgIpc) is 2.31. The van der Waals surface area contributed by atoms with Crippen molar-refractivity contribution in [3.63, 3.8) is 0 Å². The maximum Gasteiger partial charge on any atom is 0.272 e. The first-order valence-corrected chi connectivity index (χ1v) is 5.37. The molecule has 2 heterocycles. The number of H-pyrrole nitrogens is 1. The number of aromatic nitrogens is 1. The van der Waals surface area contributed by atoms with Crippen LogP contribution in [0.2, 0.25) is 0 Å². The van der Waals surface area contributed by atoms with Crippen molar-refractivity contribution in [1.29, 1.82) is 0 Å². The van der Waals surface area contributed by atoms with E-state index in [2.05, 4.69) is 10.3 Å². The van der Waals surface area contributed by atoms with E-state index in [0.717, 1.165) is 35.9 Å². The lowest BCUT2D eigenvalue weighted by Gasteiger charge is -2.18. The van der Waals surface area contributed by atoms with Crippen LogP contribution in [-0.2, 0) is 6.42 Å². The molecule has 3 rings (SSSR count). The summed E-state index contributed by atoms with van der Waals surface area (Å²) in [6.07, 6.45) is 1.90. The second-order valence-corrected chi connectivity index (χ2v) is 4.07. The lowest BCUT2D eigenvalue weighted by atomic mass is 9.99. The van der Waals surface area contributed by atoms with Crippen molar-refractivity contribution in [3.05, 3.63) is 34.1 Å². The molecule has 0 saturated carbocycles. The number of aromatic hydroxyl groups is 1. The minimum Gasteiger partial charge on any atom is -0.508 e. The van der Waals surface area contributed by atoms with Crippen molar-refractivity contribution in [3.8, 4) is 5.75 Å². The number of pyridine rings is 1. The molecule has 0 aliphatic carbocycles. The molecule has 0 radical (unpaired) electrons. The monoisotopic (exact) mass is 216 g/mol. The van der Waals surface area contributed by atoms with Crippen LogP contribution in [-0.4, -0.2) is 16.6 Å². The minimum atomic E-state index is -0.0760. The summed E-state index contributed by atoms with van der Waals surface area (Å²) in [6.45, 7) is 0.834. The number of nitrogens with one attached hydrogen (secondary N) is 2. The number of benzene rings is 1. The van der Waals surface area contributed by atoms with E-state index in [1.54, 1.807) is 18.2 Å². The average molecular weight is 216 g/mol. The van der Waals surface area contributed by atoms with Crippen LogP contribution in [0.4, 0.5) is 5.69 Å². The Morgan fingerprint density at radius 2 is 2.19 bits per heavy atom. The number of fused-ring (bicyclic) bond motifs is 3. The third-order valence-electron chi connectivity index (χ3n) is 3.01. The number of hydrogen-bond acceptors (Lipinski definition) is 3. The number of hydrogen-bond donors (Lipinski definition) is 3. The van der Waals surface area contributed by atoms with Crippen LogP contribution in [0.1, 0.15) is 12.0 Å². The highest BCUT2D eigenvalue weighted by atomic mass is 16.3. The Bertz CT molecular complexity index is 616. The number of rotatable bonds is 0. The zero-order valence-corrected chi connectivity index (χ0v) is 8.71. The molecule has 3 N–H and O–H groups in total. The third-order valence-corrected chi connectivity index (χ3v) is 3.01. The highest BCUT2D eigenvalue weighted by Crippen LogP contribution is 2.28. The van der Waals surface area contributed by atoms with Gasteiger partial charge in [-0.15, -0.1) is 0 Å². The van der Waals surface area contributed by atoms with E-state index in [4.69, 9.17) is 0 Å². The van der Waals surface area contributed by atoms with Gasteiger partial charge >= 0.3 is 0 Å². The van der Waals surface area contributed by atoms with Gasteiger partial charge in [0, 0.05) is 17.4 Å². The normalized spacial score (nSPS) is 14.5. The zero-order valence-electron chi connectivity index (χ0n) is 8.71. The Morgan fingerprint density at radius 1 is 1.31 bits per heavy atom. The third kappa shape index (κ3) is 1.26. The fourth-order valence-electron chi connectivity index (χ4n) is 2.27. The molecule has 0 fully saturated rings. The van der Waals surface area contributed by atoms with Gasteiger partial charge in [-0.1, -0.05) is 0 Å². The van der Waals surface area contributed by atoms with Gasteiger partial charge in [0.05, 0.1) is 0 Å². The van der Waals surface area contributed by atoms with Crippen molar-refractivity contribution in [2.45, 2.75) is 12.8 Å². The molecule has 1 aromatic carbocycles. The van der Waals surface area contributed by atoms with E-state index in [9.17, 15) is 9.90 Å². The molecule has 0 bridgehead atoms. The van der Waals surface area contributed by atoms with E-state index in [1.807, 2.05) is 0 Å². The molecule has 16 heavy (non-hydrogen) atoms. The van der Waals surface area contributed by atoms with Gasteiger partial charge in [-0.2, -0.15) is 0 Å². The summed E-state index contributed by atoms with van der Waals surface area (Å²) in [7, 11) is 0. The first-order chi connectivity index (χ1) is 7.75. The van der Waals surface area contributed by atoms with Gasteiger partial charge in [-0.25, -0.2) is 0 Å². The topological polar surface area (TPSA) is 65.1 Å². The SMILES string of the molecule is O=c1[nH]c2ccc(O)cc2c2c1NCCC2. The first kappa shape index (κ1) is 9.27. The molecule has 0 atom stereocenters. The summed E-state index contributed by atoms with van der Waals surface area (Å²) < 4.78 is 0. The molecule has 4 nitrogen and oxygen atoms in total. The molecule has 4 heteroatoms. The van der Waals surface area contributed by atoms with Gasteiger partial charge in [0.2, 0.25) is 0 Å². The van der Waals surface area contributed by atoms with Crippen LogP contribution in [0.5, 0.6) is 5.75 Å². The van der Waals surface area contributed by atoms with Gasteiger partial charge in [0.25, 0.3) is 5.56 Å². The number of phenolic OH excluding ortho intramolecular Hbond substituents is 1. The Balaban J connectivity index is 2.43. The lowest BCUT2D eigenvalue weighted by Crippen LogP contribution is -2.22. The lowest BCUT2D eigenvalue weighted by molar-refractivity contribution is 0.476. The number of aromatic amines is 1. The van der Waals surface area contributed by atoms with Crippen LogP contribution >= 0.6 is 0 Å². The van der Waals surface area contributed by atoms with Gasteiger partial charge in [-0.05, 0) is 36.6 Å². The highest BCUT2D eigenvalue weighted by molar-refractivity contribution is 5.88. The summed E-state index contributed by atoms with van der Waals surface area (Å²) in [5.74, 6) is 0.229. The van der Waals surface area contributed by atoms with E-state index >= 15 is 0 Å². The Kier molecular flexibility index (Phi) is 1.89. The molecule has 1 aliphatic rings.